The minimum atomic E-state index is 0.297. The number of hydrogen-bond donors (Lipinski definition) is 0. The molecule has 0 saturated heterocycles. The maximum atomic E-state index is 8.75. The molecule has 0 aromatic carbocycles. The predicted molar refractivity (Wildman–Crippen MR) is 61.8 cm³/mol. The van der Waals surface area contributed by atoms with Crippen LogP contribution in [0.4, 0.5) is 0 Å². The molecular weight excluding hydrogens is 222 g/mol. The molecule has 78 valence electrons. The molecule has 0 bridgehead atoms. The van der Waals surface area contributed by atoms with Gasteiger partial charge in [0, 0.05) is 24.2 Å². The number of nitrogens with zero attached hydrogens (tertiary/aromatic N) is 3. The van der Waals surface area contributed by atoms with E-state index in [9.17, 15) is 0 Å². The first kappa shape index (κ1) is 10.6. The molecule has 2 rings (SSSR count). The van der Waals surface area contributed by atoms with Crippen molar-refractivity contribution in [3.63, 3.8) is 0 Å². The van der Waals surface area contributed by atoms with Crippen molar-refractivity contribution < 1.29 is 0 Å². The summed E-state index contributed by atoms with van der Waals surface area (Å²) < 4.78 is 0. The molecule has 3 nitrogen and oxygen atoms in total. The Kier molecular flexibility index (Phi) is 3.13. The van der Waals surface area contributed by atoms with Crippen LogP contribution in [-0.4, -0.2) is 9.97 Å². The van der Waals surface area contributed by atoms with E-state index in [-0.39, 0.29) is 0 Å². The van der Waals surface area contributed by atoms with Gasteiger partial charge >= 0.3 is 0 Å². The zero-order valence-electron chi connectivity index (χ0n) is 8.39. The second-order valence-corrected chi connectivity index (χ2v) is 3.67. The molecule has 0 amide bonds. The lowest BCUT2D eigenvalue weighted by Gasteiger charge is -2.05. The van der Waals surface area contributed by atoms with Crippen LogP contribution in [0.25, 0.3) is 11.3 Å². The van der Waals surface area contributed by atoms with E-state index in [1.54, 1.807) is 24.7 Å². The summed E-state index contributed by atoms with van der Waals surface area (Å²) in [5.74, 6) is 0. The van der Waals surface area contributed by atoms with E-state index < -0.39 is 0 Å². The summed E-state index contributed by atoms with van der Waals surface area (Å²) >= 11 is 5.86. The van der Waals surface area contributed by atoms with Crippen LogP contribution >= 0.6 is 11.6 Å². The molecule has 0 radical (unpaired) electrons. The second-order valence-electron chi connectivity index (χ2n) is 3.23. The lowest BCUT2D eigenvalue weighted by Crippen LogP contribution is -1.92. The van der Waals surface area contributed by atoms with Gasteiger partial charge in [0.1, 0.15) is 0 Å². The van der Waals surface area contributed by atoms with Gasteiger partial charge < -0.3 is 0 Å². The van der Waals surface area contributed by atoms with E-state index in [4.69, 9.17) is 16.9 Å². The van der Waals surface area contributed by atoms with Gasteiger partial charge in [0.05, 0.1) is 23.2 Å². The van der Waals surface area contributed by atoms with Gasteiger partial charge in [0.25, 0.3) is 0 Å². The Balaban J connectivity index is 2.53. The fourth-order valence-corrected chi connectivity index (χ4v) is 1.65. The predicted octanol–water partition coefficient (Wildman–Crippen LogP) is 2.86. The van der Waals surface area contributed by atoms with Crippen LogP contribution < -0.4 is 0 Å². The van der Waals surface area contributed by atoms with Crippen molar-refractivity contribution in [1.82, 2.24) is 9.97 Å². The van der Waals surface area contributed by atoms with Crippen molar-refractivity contribution in [3.05, 3.63) is 47.4 Å². The largest absolute Gasteiger partial charge is 0.265 e. The van der Waals surface area contributed by atoms with Gasteiger partial charge in [-0.2, -0.15) is 5.26 Å². The zero-order valence-corrected chi connectivity index (χ0v) is 9.15. The topological polar surface area (TPSA) is 49.6 Å². The van der Waals surface area contributed by atoms with Crippen molar-refractivity contribution in [2.45, 2.75) is 6.42 Å². The average Bonchev–Trinajstić information content (AvgIpc) is 2.31. The fraction of sp³-hybridized carbons (Fsp3) is 0.0833. The number of halogens is 1. The van der Waals surface area contributed by atoms with Crippen molar-refractivity contribution in [2.24, 2.45) is 0 Å². The Morgan fingerprint density at radius 2 is 2.06 bits per heavy atom. The Labute approximate surface area is 98.4 Å². The summed E-state index contributed by atoms with van der Waals surface area (Å²) in [7, 11) is 0. The van der Waals surface area contributed by atoms with Crippen LogP contribution in [0, 0.1) is 11.3 Å². The molecule has 0 atom stereocenters. The van der Waals surface area contributed by atoms with E-state index in [0.717, 1.165) is 16.8 Å². The summed E-state index contributed by atoms with van der Waals surface area (Å²) in [6.45, 7) is 0. The Hall–Kier alpha value is -1.92. The van der Waals surface area contributed by atoms with Crippen LogP contribution in [0.3, 0.4) is 0 Å². The normalized spacial score (nSPS) is 9.75. The molecule has 2 aromatic heterocycles. The third-order valence-corrected chi connectivity index (χ3v) is 2.36. The molecule has 0 N–H and O–H groups in total. The Bertz CT molecular complexity index is 532. The van der Waals surface area contributed by atoms with E-state index in [2.05, 4.69) is 16.0 Å². The fourth-order valence-electron chi connectivity index (χ4n) is 1.47. The molecule has 0 spiro atoms. The van der Waals surface area contributed by atoms with Crippen LogP contribution in [0.1, 0.15) is 5.56 Å². The molecule has 0 aliphatic heterocycles. The van der Waals surface area contributed by atoms with Crippen LogP contribution in [0.15, 0.2) is 36.8 Å². The van der Waals surface area contributed by atoms with Gasteiger partial charge in [0.2, 0.25) is 0 Å². The second kappa shape index (κ2) is 4.73. The molecule has 2 aromatic rings. The van der Waals surface area contributed by atoms with Gasteiger partial charge in [-0.1, -0.05) is 11.6 Å². The standard InChI is InChI=1S/C12H8ClN3/c13-11-7-10(1-4-14)12(16-8-11)9-2-5-15-6-3-9/h2-3,5-8H,1H2. The van der Waals surface area contributed by atoms with Gasteiger partial charge in [0.15, 0.2) is 0 Å². The lowest BCUT2D eigenvalue weighted by molar-refractivity contribution is 1.19. The summed E-state index contributed by atoms with van der Waals surface area (Å²) in [6.07, 6.45) is 5.27. The molecule has 4 heteroatoms. The van der Waals surface area contributed by atoms with Crippen molar-refractivity contribution >= 4 is 11.6 Å². The Morgan fingerprint density at radius 3 is 2.75 bits per heavy atom. The van der Waals surface area contributed by atoms with Crippen LogP contribution in [0.2, 0.25) is 5.02 Å². The van der Waals surface area contributed by atoms with Crippen molar-refractivity contribution in [1.29, 1.82) is 5.26 Å². The third-order valence-electron chi connectivity index (χ3n) is 2.16. The molecule has 2 heterocycles. The van der Waals surface area contributed by atoms with Gasteiger partial charge in [-0.05, 0) is 23.8 Å². The molecular formula is C12H8ClN3. The van der Waals surface area contributed by atoms with Gasteiger partial charge in [-0.3, -0.25) is 9.97 Å². The molecule has 0 unspecified atom stereocenters. The smallest absolute Gasteiger partial charge is 0.0746 e. The molecule has 0 saturated carbocycles. The monoisotopic (exact) mass is 229 g/mol. The SMILES string of the molecule is N#CCc1cc(Cl)cnc1-c1ccncc1. The Morgan fingerprint density at radius 1 is 1.31 bits per heavy atom. The number of aromatic nitrogens is 2. The average molecular weight is 230 g/mol. The van der Waals surface area contributed by atoms with E-state index in [1.807, 2.05) is 12.1 Å². The maximum absolute atomic E-state index is 8.75. The van der Waals surface area contributed by atoms with Crippen LogP contribution in [0.5, 0.6) is 0 Å². The molecule has 0 fully saturated rings. The first-order valence-electron chi connectivity index (χ1n) is 4.73. The van der Waals surface area contributed by atoms with Gasteiger partial charge in [-0.25, -0.2) is 0 Å². The van der Waals surface area contributed by atoms with E-state index in [1.165, 1.54) is 0 Å². The molecule has 16 heavy (non-hydrogen) atoms. The number of rotatable bonds is 2. The molecule has 0 aliphatic carbocycles. The lowest BCUT2D eigenvalue weighted by atomic mass is 10.1. The summed E-state index contributed by atoms with van der Waals surface area (Å²) in [6, 6.07) is 7.59. The quantitative estimate of drug-likeness (QED) is 0.796. The first-order valence-corrected chi connectivity index (χ1v) is 5.11. The minimum absolute atomic E-state index is 0.297. The molecule has 0 aliphatic rings. The maximum Gasteiger partial charge on any atom is 0.0746 e. The summed E-state index contributed by atoms with van der Waals surface area (Å²) in [4.78, 5) is 8.20. The highest BCUT2D eigenvalue weighted by Gasteiger charge is 2.06. The zero-order chi connectivity index (χ0) is 11.4. The summed E-state index contributed by atoms with van der Waals surface area (Å²) in [5.41, 5.74) is 2.56. The number of pyridine rings is 2. The van der Waals surface area contributed by atoms with Crippen molar-refractivity contribution in [2.75, 3.05) is 0 Å². The van der Waals surface area contributed by atoms with Gasteiger partial charge in [-0.15, -0.1) is 0 Å². The highest BCUT2D eigenvalue weighted by Crippen LogP contribution is 2.23. The highest BCUT2D eigenvalue weighted by molar-refractivity contribution is 6.30. The van der Waals surface area contributed by atoms with Crippen LogP contribution in [-0.2, 0) is 6.42 Å². The number of hydrogen-bond acceptors (Lipinski definition) is 3. The first-order chi connectivity index (χ1) is 7.81. The van der Waals surface area contributed by atoms with E-state index >= 15 is 0 Å². The highest BCUT2D eigenvalue weighted by atomic mass is 35.5. The summed E-state index contributed by atoms with van der Waals surface area (Å²) in [5, 5.41) is 9.29. The van der Waals surface area contributed by atoms with Crippen molar-refractivity contribution in [3.8, 4) is 17.3 Å². The third kappa shape index (κ3) is 2.18. The number of nitriles is 1. The minimum Gasteiger partial charge on any atom is -0.265 e. The van der Waals surface area contributed by atoms with E-state index in [0.29, 0.717) is 11.4 Å².